The molecule has 2 rings (SSSR count). The smallest absolute Gasteiger partial charge is 0.0973 e. The van der Waals surface area contributed by atoms with Gasteiger partial charge < -0.3 is 0 Å². The Morgan fingerprint density at radius 3 is 1.62 bits per heavy atom. The fourth-order valence-corrected chi connectivity index (χ4v) is 6.51. The number of benzene rings is 2. The SMILES string of the molecule is CC(C)(C)C(CP(c1ccccc1)c1ccccc1)N[S@](=O)C(C)(C)C. The Labute approximate surface area is 163 Å². The van der Waals surface area contributed by atoms with Crippen molar-refractivity contribution in [1.82, 2.24) is 4.72 Å². The van der Waals surface area contributed by atoms with E-state index in [0.29, 0.717) is 0 Å². The summed E-state index contributed by atoms with van der Waals surface area (Å²) in [4.78, 5) is 0. The maximum absolute atomic E-state index is 12.8. The number of hydrogen-bond acceptors (Lipinski definition) is 1. The molecule has 2 aromatic carbocycles. The minimum absolute atomic E-state index is 0.0189. The summed E-state index contributed by atoms with van der Waals surface area (Å²) in [6.45, 7) is 12.8. The average Bonchev–Trinajstić information content (AvgIpc) is 2.58. The van der Waals surface area contributed by atoms with Gasteiger partial charge in [-0.15, -0.1) is 0 Å². The van der Waals surface area contributed by atoms with E-state index in [0.717, 1.165) is 6.16 Å². The highest BCUT2D eigenvalue weighted by molar-refractivity contribution is 7.84. The molecule has 0 bridgehead atoms. The topological polar surface area (TPSA) is 29.1 Å². The molecule has 2 aromatic rings. The van der Waals surface area contributed by atoms with Gasteiger partial charge in [0.05, 0.1) is 15.7 Å². The molecule has 0 fully saturated rings. The zero-order valence-electron chi connectivity index (χ0n) is 16.8. The first-order chi connectivity index (χ1) is 12.1. The number of hydrogen-bond donors (Lipinski definition) is 1. The molecule has 1 unspecified atom stereocenters. The van der Waals surface area contributed by atoms with E-state index in [2.05, 4.69) is 86.2 Å². The van der Waals surface area contributed by atoms with Gasteiger partial charge in [0.1, 0.15) is 0 Å². The van der Waals surface area contributed by atoms with E-state index in [-0.39, 0.29) is 16.2 Å². The van der Waals surface area contributed by atoms with Crippen molar-refractivity contribution in [3.05, 3.63) is 60.7 Å². The van der Waals surface area contributed by atoms with Gasteiger partial charge in [-0.1, -0.05) is 81.4 Å². The molecule has 2 nitrogen and oxygen atoms in total. The first-order valence-corrected chi connectivity index (χ1v) is 11.8. The molecule has 2 atom stereocenters. The fourth-order valence-electron chi connectivity index (χ4n) is 2.55. The standard InChI is InChI=1S/C22H32NOPS/c1-21(2,3)20(23-26(24)22(4,5)6)17-25(18-13-9-7-10-14-18)19-15-11-8-12-16-19/h7-16,20,23H,17H2,1-6H3/t20?,26-/m1/s1. The highest BCUT2D eigenvalue weighted by Gasteiger charge is 2.32. The van der Waals surface area contributed by atoms with Crippen molar-refractivity contribution < 1.29 is 4.21 Å². The van der Waals surface area contributed by atoms with Gasteiger partial charge in [0.15, 0.2) is 0 Å². The van der Waals surface area contributed by atoms with Gasteiger partial charge in [-0.25, -0.2) is 8.93 Å². The molecule has 0 radical (unpaired) electrons. The Balaban J connectivity index is 2.35. The lowest BCUT2D eigenvalue weighted by molar-refractivity contribution is 0.324. The summed E-state index contributed by atoms with van der Waals surface area (Å²) in [5.41, 5.74) is 0.0189. The summed E-state index contributed by atoms with van der Waals surface area (Å²) < 4.78 is 16.0. The fraction of sp³-hybridized carbons (Fsp3) is 0.455. The molecule has 0 aromatic heterocycles. The highest BCUT2D eigenvalue weighted by Crippen LogP contribution is 2.38. The monoisotopic (exact) mass is 389 g/mol. The Kier molecular flexibility index (Phi) is 7.19. The van der Waals surface area contributed by atoms with E-state index < -0.39 is 18.9 Å². The van der Waals surface area contributed by atoms with Gasteiger partial charge in [-0.2, -0.15) is 0 Å². The second-order valence-corrected chi connectivity index (χ2v) is 13.0. The third-order valence-electron chi connectivity index (χ3n) is 4.35. The molecule has 0 saturated heterocycles. The molecule has 0 aliphatic rings. The Morgan fingerprint density at radius 2 is 1.27 bits per heavy atom. The van der Waals surface area contributed by atoms with Crippen molar-refractivity contribution in [1.29, 1.82) is 0 Å². The van der Waals surface area contributed by atoms with E-state index >= 15 is 0 Å². The average molecular weight is 390 g/mol. The van der Waals surface area contributed by atoms with Crippen LogP contribution >= 0.6 is 7.92 Å². The van der Waals surface area contributed by atoms with E-state index in [1.54, 1.807) is 0 Å². The summed E-state index contributed by atoms with van der Waals surface area (Å²) in [6.07, 6.45) is 0.967. The zero-order chi connectivity index (χ0) is 19.4. The van der Waals surface area contributed by atoms with Crippen molar-refractivity contribution in [2.24, 2.45) is 5.41 Å². The second-order valence-electron chi connectivity index (χ2n) is 8.70. The van der Waals surface area contributed by atoms with E-state index in [9.17, 15) is 4.21 Å². The number of rotatable bonds is 6. The van der Waals surface area contributed by atoms with Crippen molar-refractivity contribution in [3.8, 4) is 0 Å². The lowest BCUT2D eigenvalue weighted by Crippen LogP contribution is -2.48. The van der Waals surface area contributed by atoms with Gasteiger partial charge in [0, 0.05) is 6.04 Å². The Morgan fingerprint density at radius 1 is 0.846 bits per heavy atom. The van der Waals surface area contributed by atoms with Crippen molar-refractivity contribution in [2.75, 3.05) is 6.16 Å². The van der Waals surface area contributed by atoms with Crippen LogP contribution in [0.3, 0.4) is 0 Å². The summed E-state index contributed by atoms with van der Waals surface area (Å²) in [5.74, 6) is 0. The molecule has 26 heavy (non-hydrogen) atoms. The van der Waals surface area contributed by atoms with E-state index in [4.69, 9.17) is 0 Å². The third kappa shape index (κ3) is 6.01. The molecule has 0 saturated carbocycles. The maximum Gasteiger partial charge on any atom is 0.0973 e. The molecule has 0 amide bonds. The van der Waals surface area contributed by atoms with E-state index in [1.165, 1.54) is 10.6 Å². The number of nitrogens with one attached hydrogen (secondary N) is 1. The lowest BCUT2D eigenvalue weighted by Gasteiger charge is -2.36. The molecule has 4 heteroatoms. The van der Waals surface area contributed by atoms with Gasteiger partial charge >= 0.3 is 0 Å². The summed E-state index contributed by atoms with van der Waals surface area (Å²) in [6, 6.07) is 21.6. The summed E-state index contributed by atoms with van der Waals surface area (Å²) in [5, 5.41) is 2.73. The normalized spacial score (nSPS) is 15.0. The quantitative estimate of drug-likeness (QED) is 0.720. The van der Waals surface area contributed by atoms with Crippen LogP contribution in [-0.4, -0.2) is 21.2 Å². The van der Waals surface area contributed by atoms with Crippen molar-refractivity contribution in [2.45, 2.75) is 52.3 Å². The van der Waals surface area contributed by atoms with Gasteiger partial charge in [-0.3, -0.25) is 0 Å². The molecular formula is C22H32NOPS. The second kappa shape index (κ2) is 8.78. The third-order valence-corrected chi connectivity index (χ3v) is 8.54. The van der Waals surface area contributed by atoms with Gasteiger partial charge in [0.2, 0.25) is 0 Å². The van der Waals surface area contributed by atoms with Crippen LogP contribution < -0.4 is 15.3 Å². The molecular weight excluding hydrogens is 357 g/mol. The Hall–Kier alpha value is -1.02. The predicted molar refractivity (Wildman–Crippen MR) is 118 cm³/mol. The molecule has 0 spiro atoms. The molecule has 0 heterocycles. The maximum atomic E-state index is 12.8. The van der Waals surface area contributed by atoms with E-state index in [1.807, 2.05) is 20.8 Å². The van der Waals surface area contributed by atoms with Crippen LogP contribution in [0.1, 0.15) is 41.5 Å². The van der Waals surface area contributed by atoms with Gasteiger partial charge in [0.25, 0.3) is 0 Å². The first kappa shape index (κ1) is 21.3. The van der Waals surface area contributed by atoms with Crippen LogP contribution in [0.4, 0.5) is 0 Å². The van der Waals surface area contributed by atoms with Crippen LogP contribution in [0, 0.1) is 5.41 Å². The largest absolute Gasteiger partial charge is 0.242 e. The molecule has 142 valence electrons. The predicted octanol–water partition coefficient (Wildman–Crippen LogP) is 4.59. The van der Waals surface area contributed by atoms with Crippen LogP contribution in [-0.2, 0) is 11.0 Å². The van der Waals surface area contributed by atoms with Gasteiger partial charge in [-0.05, 0) is 50.9 Å². The van der Waals surface area contributed by atoms with Crippen LogP contribution in [0.25, 0.3) is 0 Å². The summed E-state index contributed by atoms with van der Waals surface area (Å²) >= 11 is 0. The molecule has 1 N–H and O–H groups in total. The van der Waals surface area contributed by atoms with Crippen LogP contribution in [0.5, 0.6) is 0 Å². The minimum atomic E-state index is -1.08. The highest BCUT2D eigenvalue weighted by atomic mass is 32.2. The van der Waals surface area contributed by atoms with Crippen LogP contribution in [0.2, 0.25) is 0 Å². The van der Waals surface area contributed by atoms with Crippen molar-refractivity contribution in [3.63, 3.8) is 0 Å². The molecule has 0 aliphatic heterocycles. The minimum Gasteiger partial charge on any atom is -0.242 e. The Bertz CT molecular complexity index is 665. The molecule has 0 aliphatic carbocycles. The first-order valence-electron chi connectivity index (χ1n) is 9.15. The summed E-state index contributed by atoms with van der Waals surface area (Å²) in [7, 11) is -1.60. The van der Waals surface area contributed by atoms with Crippen LogP contribution in [0.15, 0.2) is 60.7 Å². The lowest BCUT2D eigenvalue weighted by atomic mass is 9.89. The van der Waals surface area contributed by atoms with Crippen molar-refractivity contribution >= 4 is 29.5 Å². The zero-order valence-corrected chi connectivity index (χ0v) is 18.5.